The Balaban J connectivity index is 1.54. The highest BCUT2D eigenvalue weighted by Gasteiger charge is 2.35. The molecule has 0 radical (unpaired) electrons. The molecule has 0 unspecified atom stereocenters. The first kappa shape index (κ1) is 25.9. The van der Waals surface area contributed by atoms with Crippen molar-refractivity contribution in [1.82, 2.24) is 4.90 Å². The molecule has 1 aliphatic heterocycles. The molecule has 180 valence electrons. The van der Waals surface area contributed by atoms with Crippen molar-refractivity contribution in [3.63, 3.8) is 0 Å². The van der Waals surface area contributed by atoms with Crippen LogP contribution in [0.25, 0.3) is 6.08 Å². The van der Waals surface area contributed by atoms with Gasteiger partial charge in [-0.05, 0) is 65.4 Å². The van der Waals surface area contributed by atoms with Crippen LogP contribution in [0, 0.1) is 0 Å². The smallest absolute Gasteiger partial charge is 0.293 e. The Labute approximate surface area is 230 Å². The van der Waals surface area contributed by atoms with Crippen molar-refractivity contribution < 1.29 is 19.1 Å². The third kappa shape index (κ3) is 5.98. The zero-order valence-corrected chi connectivity index (χ0v) is 22.9. The van der Waals surface area contributed by atoms with Gasteiger partial charge in [0, 0.05) is 20.1 Å². The van der Waals surface area contributed by atoms with Gasteiger partial charge in [0.25, 0.3) is 11.1 Å². The minimum atomic E-state index is -0.443. The molecule has 5 nitrogen and oxygen atoms in total. The Morgan fingerprint density at radius 2 is 1.69 bits per heavy atom. The Hall–Kier alpha value is -2.16. The van der Waals surface area contributed by atoms with E-state index in [2.05, 4.69) is 15.9 Å². The molecule has 0 atom stereocenters. The van der Waals surface area contributed by atoms with Crippen LogP contribution in [-0.4, -0.2) is 23.2 Å². The molecule has 3 aromatic rings. The second-order valence-corrected chi connectivity index (χ2v) is 10.5. The summed E-state index contributed by atoms with van der Waals surface area (Å²) in [6.07, 6.45) is 1.59. The number of thioether (sulfide) groups is 1. The highest BCUT2D eigenvalue weighted by Crippen LogP contribution is 2.40. The topological polar surface area (TPSA) is 55.8 Å². The number of rotatable bonds is 7. The molecule has 35 heavy (non-hydrogen) atoms. The van der Waals surface area contributed by atoms with Crippen LogP contribution < -0.4 is 9.47 Å². The lowest BCUT2D eigenvalue weighted by Crippen LogP contribution is -2.27. The zero-order chi connectivity index (χ0) is 25.1. The van der Waals surface area contributed by atoms with Gasteiger partial charge in [-0.15, -0.1) is 0 Å². The minimum Gasteiger partial charge on any atom is -0.493 e. The molecule has 3 aromatic carbocycles. The Kier molecular flexibility index (Phi) is 8.34. The zero-order valence-electron chi connectivity index (χ0n) is 18.2. The van der Waals surface area contributed by atoms with Crippen molar-refractivity contribution in [3.05, 3.63) is 95.7 Å². The number of carbonyl (C=O) groups is 2. The number of methoxy groups -OCH3 is 1. The van der Waals surface area contributed by atoms with E-state index in [1.54, 1.807) is 36.4 Å². The number of ether oxygens (including phenoxy) is 2. The molecule has 1 heterocycles. The van der Waals surface area contributed by atoms with Crippen molar-refractivity contribution in [3.8, 4) is 11.5 Å². The number of imide groups is 1. The van der Waals surface area contributed by atoms with Crippen LogP contribution in [0.1, 0.15) is 16.7 Å². The third-order valence-electron chi connectivity index (χ3n) is 5.10. The molecule has 2 amide bonds. The molecule has 1 aliphatic rings. The van der Waals surface area contributed by atoms with E-state index in [1.807, 2.05) is 24.3 Å². The molecule has 0 spiro atoms. The van der Waals surface area contributed by atoms with Crippen LogP contribution in [0.2, 0.25) is 15.1 Å². The number of amides is 2. The van der Waals surface area contributed by atoms with Crippen molar-refractivity contribution in [2.24, 2.45) is 0 Å². The SMILES string of the molecule is COc1cc(/C=C2\SC(=O)N(Cc3c(Cl)cccc3Cl)C2=O)cc(Cl)c1OCc1ccc(Br)cc1. The van der Waals surface area contributed by atoms with Gasteiger partial charge in [0.2, 0.25) is 0 Å². The Morgan fingerprint density at radius 1 is 1.00 bits per heavy atom. The van der Waals surface area contributed by atoms with E-state index < -0.39 is 11.1 Å². The lowest BCUT2D eigenvalue weighted by atomic mass is 10.1. The number of halogens is 4. The number of carbonyl (C=O) groups excluding carboxylic acids is 2. The van der Waals surface area contributed by atoms with Crippen molar-refractivity contribution in [1.29, 1.82) is 0 Å². The fourth-order valence-corrected chi connectivity index (χ4v) is 5.22. The molecule has 1 fully saturated rings. The summed E-state index contributed by atoms with van der Waals surface area (Å²) in [5, 5.41) is 0.672. The van der Waals surface area contributed by atoms with E-state index in [4.69, 9.17) is 44.3 Å². The molecule has 1 saturated heterocycles. The number of nitrogens with zero attached hydrogens (tertiary/aromatic N) is 1. The minimum absolute atomic E-state index is 0.0204. The van der Waals surface area contributed by atoms with Crippen molar-refractivity contribution >= 4 is 79.7 Å². The van der Waals surface area contributed by atoms with Gasteiger partial charge in [0.15, 0.2) is 11.5 Å². The largest absolute Gasteiger partial charge is 0.493 e. The predicted molar refractivity (Wildman–Crippen MR) is 144 cm³/mol. The maximum Gasteiger partial charge on any atom is 0.293 e. The first-order valence-corrected chi connectivity index (χ1v) is 12.9. The summed E-state index contributed by atoms with van der Waals surface area (Å²) in [6, 6.07) is 16.1. The molecule has 0 aliphatic carbocycles. The lowest BCUT2D eigenvalue weighted by Gasteiger charge is -2.15. The van der Waals surface area contributed by atoms with E-state index in [9.17, 15) is 9.59 Å². The maximum atomic E-state index is 13.0. The van der Waals surface area contributed by atoms with Gasteiger partial charge >= 0.3 is 0 Å². The maximum absolute atomic E-state index is 13.0. The van der Waals surface area contributed by atoms with Crippen LogP contribution in [0.3, 0.4) is 0 Å². The molecule has 4 rings (SSSR count). The summed E-state index contributed by atoms with van der Waals surface area (Å²) in [4.78, 5) is 26.9. The van der Waals surface area contributed by atoms with E-state index in [0.717, 1.165) is 26.7 Å². The van der Waals surface area contributed by atoms with Gasteiger partial charge in [-0.1, -0.05) is 68.9 Å². The lowest BCUT2D eigenvalue weighted by molar-refractivity contribution is -0.123. The second-order valence-electron chi connectivity index (χ2n) is 7.42. The molecule has 0 saturated carbocycles. The van der Waals surface area contributed by atoms with Gasteiger partial charge in [-0.2, -0.15) is 0 Å². The van der Waals surface area contributed by atoms with E-state index in [1.165, 1.54) is 7.11 Å². The Morgan fingerprint density at radius 3 is 2.34 bits per heavy atom. The molecule has 0 bridgehead atoms. The molecular weight excluding hydrogens is 597 g/mol. The standard InChI is InChI=1S/C25H17BrCl3NO4S/c1-33-21-10-15(9-20(29)23(21)34-13-14-5-7-16(26)8-6-14)11-22-24(31)30(25(32)35-22)12-17-18(27)3-2-4-19(17)28/h2-11H,12-13H2,1H3/b22-11-. The Bertz CT molecular complexity index is 1310. The first-order chi connectivity index (χ1) is 16.8. The van der Waals surface area contributed by atoms with E-state index >= 15 is 0 Å². The van der Waals surface area contributed by atoms with Crippen molar-refractivity contribution in [2.45, 2.75) is 13.2 Å². The van der Waals surface area contributed by atoms with Crippen LogP contribution >= 0.6 is 62.5 Å². The van der Waals surface area contributed by atoms with Crippen molar-refractivity contribution in [2.75, 3.05) is 7.11 Å². The second kappa shape index (κ2) is 11.3. The summed E-state index contributed by atoms with van der Waals surface area (Å²) >= 11 is 23.1. The predicted octanol–water partition coefficient (Wildman–Crippen LogP) is 8.23. The molecular formula is C25H17BrCl3NO4S. The number of hydrogen-bond donors (Lipinski definition) is 0. The van der Waals surface area contributed by atoms with E-state index in [0.29, 0.717) is 44.3 Å². The summed E-state index contributed by atoms with van der Waals surface area (Å²) in [5.41, 5.74) is 2.06. The first-order valence-electron chi connectivity index (χ1n) is 10.2. The van der Waals surface area contributed by atoms with E-state index in [-0.39, 0.29) is 11.4 Å². The summed E-state index contributed by atoms with van der Waals surface area (Å²) in [6.45, 7) is 0.277. The fourth-order valence-electron chi connectivity index (χ4n) is 3.33. The van der Waals surface area contributed by atoms with Gasteiger partial charge in [0.05, 0.1) is 23.6 Å². The van der Waals surface area contributed by atoms with Crippen LogP contribution in [-0.2, 0) is 17.9 Å². The van der Waals surface area contributed by atoms with Gasteiger partial charge in [-0.25, -0.2) is 0 Å². The summed E-state index contributed by atoms with van der Waals surface area (Å²) in [5.74, 6) is 0.347. The molecule has 10 heteroatoms. The van der Waals surface area contributed by atoms with Gasteiger partial charge in [-0.3, -0.25) is 14.5 Å². The number of hydrogen-bond acceptors (Lipinski definition) is 5. The fraction of sp³-hybridized carbons (Fsp3) is 0.120. The average Bonchev–Trinajstić information content (AvgIpc) is 3.08. The molecule has 0 N–H and O–H groups in total. The normalized spacial score (nSPS) is 14.7. The van der Waals surface area contributed by atoms with Crippen LogP contribution in [0.15, 0.2) is 64.0 Å². The monoisotopic (exact) mass is 611 g/mol. The third-order valence-corrected chi connectivity index (χ3v) is 7.52. The highest BCUT2D eigenvalue weighted by molar-refractivity contribution is 9.10. The highest BCUT2D eigenvalue weighted by atomic mass is 79.9. The average molecular weight is 614 g/mol. The van der Waals surface area contributed by atoms with Gasteiger partial charge < -0.3 is 9.47 Å². The number of benzene rings is 3. The van der Waals surface area contributed by atoms with Gasteiger partial charge in [0.1, 0.15) is 6.61 Å². The van der Waals surface area contributed by atoms with Crippen LogP contribution in [0.5, 0.6) is 11.5 Å². The quantitative estimate of drug-likeness (QED) is 0.251. The molecule has 0 aromatic heterocycles. The van der Waals surface area contributed by atoms with Crippen LogP contribution in [0.4, 0.5) is 4.79 Å². The summed E-state index contributed by atoms with van der Waals surface area (Å²) in [7, 11) is 1.50. The summed E-state index contributed by atoms with van der Waals surface area (Å²) < 4.78 is 12.3.